The number of hydrogen-bond acceptors (Lipinski definition) is 5. The summed E-state index contributed by atoms with van der Waals surface area (Å²) in [6, 6.07) is 14.0. The minimum absolute atomic E-state index is 0.0419. The maximum Gasteiger partial charge on any atom is 0.376 e. The van der Waals surface area contributed by atoms with Crippen LogP contribution in [0.15, 0.2) is 54.6 Å². The molecule has 0 unspecified atom stereocenters. The van der Waals surface area contributed by atoms with Crippen molar-refractivity contribution < 1.29 is 23.9 Å². The first kappa shape index (κ1) is 16.6. The highest BCUT2D eigenvalue weighted by Gasteiger charge is 2.44. The lowest BCUT2D eigenvalue weighted by atomic mass is 10.0. The number of amides is 2. The molecule has 6 nitrogen and oxygen atoms in total. The van der Waals surface area contributed by atoms with Gasteiger partial charge in [0.05, 0.1) is 18.2 Å². The molecule has 3 rings (SSSR count). The van der Waals surface area contributed by atoms with Crippen LogP contribution < -0.4 is 0 Å². The molecule has 0 spiro atoms. The molecule has 1 atom stereocenters. The van der Waals surface area contributed by atoms with Gasteiger partial charge < -0.3 is 4.74 Å². The van der Waals surface area contributed by atoms with Crippen LogP contribution in [0.4, 0.5) is 0 Å². The zero-order valence-electron chi connectivity index (χ0n) is 13.5. The molecule has 0 fully saturated rings. The summed E-state index contributed by atoms with van der Waals surface area (Å²) < 4.78 is 4.50. The molecule has 0 N–H and O–H groups in total. The molecule has 0 saturated heterocycles. The first-order valence-electron chi connectivity index (χ1n) is 7.67. The van der Waals surface area contributed by atoms with Crippen LogP contribution in [0.2, 0.25) is 0 Å². The third-order valence-electron chi connectivity index (χ3n) is 4.10. The summed E-state index contributed by atoms with van der Waals surface area (Å²) in [6.45, 7) is 0. The normalized spacial score (nSPS) is 14.2. The minimum Gasteiger partial charge on any atom is -0.463 e. The molecule has 0 aliphatic carbocycles. The van der Waals surface area contributed by atoms with Crippen molar-refractivity contribution in [3.05, 3.63) is 71.3 Å². The summed E-state index contributed by atoms with van der Waals surface area (Å²) in [5, 5.41) is 0. The number of fused-ring (bicyclic) bond motifs is 1. The summed E-state index contributed by atoms with van der Waals surface area (Å²) >= 11 is 0. The fraction of sp³-hybridized carbons (Fsp3) is 0.158. The molecule has 2 amide bonds. The molecule has 1 heterocycles. The Hall–Kier alpha value is -3.28. The molecule has 2 aromatic rings. The van der Waals surface area contributed by atoms with E-state index in [1.54, 1.807) is 36.4 Å². The first-order valence-corrected chi connectivity index (χ1v) is 7.67. The van der Waals surface area contributed by atoms with Gasteiger partial charge >= 0.3 is 5.97 Å². The number of carbonyl (C=O) groups excluding carboxylic acids is 4. The second kappa shape index (κ2) is 6.68. The van der Waals surface area contributed by atoms with Crippen LogP contribution >= 0.6 is 0 Å². The summed E-state index contributed by atoms with van der Waals surface area (Å²) in [5.74, 6) is -3.18. The van der Waals surface area contributed by atoms with E-state index in [4.69, 9.17) is 0 Å². The Kier molecular flexibility index (Phi) is 4.43. The molecular weight excluding hydrogens is 322 g/mol. The van der Waals surface area contributed by atoms with Crippen LogP contribution in [0, 0.1) is 0 Å². The van der Waals surface area contributed by atoms with Crippen molar-refractivity contribution in [2.75, 3.05) is 7.11 Å². The van der Waals surface area contributed by atoms with Crippen molar-refractivity contribution >= 4 is 23.6 Å². The van der Waals surface area contributed by atoms with Crippen molar-refractivity contribution in [2.24, 2.45) is 0 Å². The fourth-order valence-corrected chi connectivity index (χ4v) is 2.87. The van der Waals surface area contributed by atoms with E-state index in [9.17, 15) is 19.2 Å². The van der Waals surface area contributed by atoms with E-state index in [1.807, 2.05) is 6.07 Å². The quantitative estimate of drug-likeness (QED) is 0.471. The van der Waals surface area contributed by atoms with Gasteiger partial charge in [0.1, 0.15) is 6.04 Å². The van der Waals surface area contributed by atoms with Gasteiger partial charge in [-0.25, -0.2) is 4.79 Å². The van der Waals surface area contributed by atoms with E-state index < -0.39 is 29.6 Å². The number of esters is 1. The predicted molar refractivity (Wildman–Crippen MR) is 87.9 cm³/mol. The molecule has 0 aromatic heterocycles. The number of nitrogens with zero attached hydrogens (tertiary/aromatic N) is 1. The average molecular weight is 337 g/mol. The van der Waals surface area contributed by atoms with E-state index in [-0.39, 0.29) is 17.5 Å². The second-order valence-electron chi connectivity index (χ2n) is 5.59. The number of carbonyl (C=O) groups is 4. The Labute approximate surface area is 144 Å². The third kappa shape index (κ3) is 2.94. The van der Waals surface area contributed by atoms with E-state index in [2.05, 4.69) is 4.74 Å². The molecule has 25 heavy (non-hydrogen) atoms. The van der Waals surface area contributed by atoms with Gasteiger partial charge in [0.2, 0.25) is 0 Å². The first-order chi connectivity index (χ1) is 12.0. The van der Waals surface area contributed by atoms with E-state index in [1.165, 1.54) is 12.1 Å². The Bertz CT molecular complexity index is 824. The van der Waals surface area contributed by atoms with Crippen molar-refractivity contribution in [3.8, 4) is 0 Å². The van der Waals surface area contributed by atoms with E-state index in [0.29, 0.717) is 0 Å². The Morgan fingerprint density at radius 3 is 1.96 bits per heavy atom. The number of hydrogen-bond donors (Lipinski definition) is 0. The topological polar surface area (TPSA) is 80.8 Å². The maximum absolute atomic E-state index is 12.7. The molecule has 0 radical (unpaired) electrons. The zero-order chi connectivity index (χ0) is 18.0. The summed E-state index contributed by atoms with van der Waals surface area (Å²) in [7, 11) is 1.09. The fourth-order valence-electron chi connectivity index (χ4n) is 2.87. The lowest BCUT2D eigenvalue weighted by Gasteiger charge is -2.24. The number of imide groups is 1. The van der Waals surface area contributed by atoms with Crippen molar-refractivity contribution in [1.29, 1.82) is 0 Å². The van der Waals surface area contributed by atoms with Crippen molar-refractivity contribution in [2.45, 2.75) is 12.5 Å². The monoisotopic (exact) mass is 337 g/mol. The van der Waals surface area contributed by atoms with Gasteiger partial charge in [-0.05, 0) is 17.7 Å². The van der Waals surface area contributed by atoms with Crippen LogP contribution in [0.25, 0.3) is 0 Å². The molecule has 1 aliphatic heterocycles. The van der Waals surface area contributed by atoms with Gasteiger partial charge in [-0.3, -0.25) is 19.3 Å². The van der Waals surface area contributed by atoms with Crippen molar-refractivity contribution in [3.63, 3.8) is 0 Å². The van der Waals surface area contributed by atoms with E-state index >= 15 is 0 Å². The van der Waals surface area contributed by atoms with Gasteiger partial charge in [-0.1, -0.05) is 42.5 Å². The number of methoxy groups -OCH3 is 1. The summed E-state index contributed by atoms with van der Waals surface area (Å²) in [5.41, 5.74) is 1.17. The highest BCUT2D eigenvalue weighted by molar-refractivity contribution is 6.37. The molecule has 0 bridgehead atoms. The number of rotatable bonds is 5. The average Bonchev–Trinajstić information content (AvgIpc) is 2.90. The summed E-state index contributed by atoms with van der Waals surface area (Å²) in [4.78, 5) is 50.4. The van der Waals surface area contributed by atoms with Crippen molar-refractivity contribution in [1.82, 2.24) is 4.90 Å². The molecule has 0 saturated carbocycles. The third-order valence-corrected chi connectivity index (χ3v) is 4.10. The predicted octanol–water partition coefficient (Wildman–Crippen LogP) is 1.64. The van der Waals surface area contributed by atoms with Crippen LogP contribution in [0.1, 0.15) is 26.3 Å². The number of Topliss-reactive ketones (excluding diaryl/α,β-unsaturated/α-hetero) is 1. The number of ketones is 1. The van der Waals surface area contributed by atoms with Crippen LogP contribution in [0.3, 0.4) is 0 Å². The van der Waals surface area contributed by atoms with Gasteiger partial charge in [0.25, 0.3) is 17.6 Å². The van der Waals surface area contributed by atoms with Crippen LogP contribution in [-0.2, 0) is 20.7 Å². The Morgan fingerprint density at radius 2 is 1.44 bits per heavy atom. The molecular formula is C19H15NO5. The smallest absolute Gasteiger partial charge is 0.376 e. The SMILES string of the molecule is COC(=O)C(=O)[C@H](Cc1ccccc1)N1C(=O)c2ccccc2C1=O. The Balaban J connectivity index is 2.00. The molecule has 1 aliphatic rings. The molecule has 2 aromatic carbocycles. The minimum atomic E-state index is -1.25. The van der Waals surface area contributed by atoms with Gasteiger partial charge in [-0.15, -0.1) is 0 Å². The largest absolute Gasteiger partial charge is 0.463 e. The highest BCUT2D eigenvalue weighted by atomic mass is 16.5. The van der Waals surface area contributed by atoms with Gasteiger partial charge in [-0.2, -0.15) is 0 Å². The Morgan fingerprint density at radius 1 is 0.920 bits per heavy atom. The number of benzene rings is 2. The standard InChI is InChI=1S/C19H15NO5/c1-25-19(24)16(21)15(11-12-7-3-2-4-8-12)20-17(22)13-9-5-6-10-14(13)18(20)23/h2-10,15H,11H2,1H3/t15-/m0/s1. The van der Waals surface area contributed by atoms with Crippen LogP contribution in [-0.4, -0.2) is 41.6 Å². The van der Waals surface area contributed by atoms with Crippen LogP contribution in [0.5, 0.6) is 0 Å². The summed E-state index contributed by atoms with van der Waals surface area (Å²) in [6.07, 6.45) is 0.0419. The van der Waals surface area contributed by atoms with E-state index in [0.717, 1.165) is 17.6 Å². The molecule has 6 heteroatoms. The lowest BCUT2D eigenvalue weighted by Crippen LogP contribution is -2.48. The highest BCUT2D eigenvalue weighted by Crippen LogP contribution is 2.26. The van der Waals surface area contributed by atoms with Gasteiger partial charge in [0.15, 0.2) is 0 Å². The lowest BCUT2D eigenvalue weighted by molar-refractivity contribution is -0.153. The maximum atomic E-state index is 12.7. The zero-order valence-corrected chi connectivity index (χ0v) is 13.5. The second-order valence-corrected chi connectivity index (χ2v) is 5.59. The number of ether oxygens (including phenoxy) is 1. The van der Waals surface area contributed by atoms with Gasteiger partial charge in [0, 0.05) is 6.42 Å². The molecule has 126 valence electrons.